The molecule has 0 aliphatic rings. The molecule has 1 aromatic rings. The monoisotopic (exact) mass is 146 g/mol. The molecule has 0 spiro atoms. The SMILES string of the molecule is N#CNCCc1ccccc1. The minimum absolute atomic E-state index is 0.723. The van der Waals surface area contributed by atoms with Crippen LogP contribution in [0.4, 0.5) is 0 Å². The van der Waals surface area contributed by atoms with Crippen LogP contribution in [0.5, 0.6) is 0 Å². The van der Waals surface area contributed by atoms with E-state index < -0.39 is 0 Å². The van der Waals surface area contributed by atoms with Crippen LogP contribution in [-0.2, 0) is 6.42 Å². The van der Waals surface area contributed by atoms with Crippen molar-refractivity contribution in [2.45, 2.75) is 6.42 Å². The van der Waals surface area contributed by atoms with Crippen molar-refractivity contribution in [3.63, 3.8) is 0 Å². The third kappa shape index (κ3) is 2.72. The number of benzene rings is 1. The molecule has 0 aliphatic heterocycles. The van der Waals surface area contributed by atoms with Crippen molar-refractivity contribution in [1.29, 1.82) is 5.26 Å². The van der Waals surface area contributed by atoms with Crippen molar-refractivity contribution in [3.05, 3.63) is 35.9 Å². The van der Waals surface area contributed by atoms with Gasteiger partial charge in [0.2, 0.25) is 0 Å². The molecule has 0 aromatic heterocycles. The smallest absolute Gasteiger partial charge is 0.176 e. The molecule has 11 heavy (non-hydrogen) atoms. The van der Waals surface area contributed by atoms with Crippen LogP contribution < -0.4 is 5.32 Å². The molecule has 56 valence electrons. The summed E-state index contributed by atoms with van der Waals surface area (Å²) in [6, 6.07) is 10.1. The van der Waals surface area contributed by atoms with E-state index in [2.05, 4.69) is 17.4 Å². The third-order valence-electron chi connectivity index (χ3n) is 1.46. The van der Waals surface area contributed by atoms with Crippen LogP contribution in [0.15, 0.2) is 30.3 Å². The zero-order chi connectivity index (χ0) is 7.94. The molecule has 1 aromatic carbocycles. The van der Waals surface area contributed by atoms with Crippen LogP contribution in [0.2, 0.25) is 0 Å². The molecule has 0 atom stereocenters. The molecule has 0 fully saturated rings. The second-order valence-electron chi connectivity index (χ2n) is 2.27. The Bertz CT molecular complexity index is 235. The van der Waals surface area contributed by atoms with E-state index in [4.69, 9.17) is 5.26 Å². The van der Waals surface area contributed by atoms with Crippen molar-refractivity contribution in [3.8, 4) is 6.19 Å². The Morgan fingerprint density at radius 3 is 2.64 bits per heavy atom. The van der Waals surface area contributed by atoms with E-state index in [0.29, 0.717) is 0 Å². The number of hydrogen-bond acceptors (Lipinski definition) is 2. The molecule has 0 saturated heterocycles. The summed E-state index contributed by atoms with van der Waals surface area (Å²) < 4.78 is 0. The maximum atomic E-state index is 8.18. The summed E-state index contributed by atoms with van der Waals surface area (Å²) in [5.74, 6) is 0. The standard InChI is InChI=1S/C9H10N2/c10-8-11-7-6-9-4-2-1-3-5-9/h1-5,11H,6-7H2. The first-order valence-corrected chi connectivity index (χ1v) is 3.59. The van der Waals surface area contributed by atoms with E-state index in [9.17, 15) is 0 Å². The lowest BCUT2D eigenvalue weighted by atomic mass is 10.2. The van der Waals surface area contributed by atoms with E-state index >= 15 is 0 Å². The Morgan fingerprint density at radius 1 is 1.27 bits per heavy atom. The van der Waals surface area contributed by atoms with Gasteiger partial charge in [0.05, 0.1) is 0 Å². The zero-order valence-corrected chi connectivity index (χ0v) is 6.25. The van der Waals surface area contributed by atoms with Crippen LogP contribution in [0, 0.1) is 11.5 Å². The van der Waals surface area contributed by atoms with Crippen LogP contribution in [-0.4, -0.2) is 6.54 Å². The summed E-state index contributed by atoms with van der Waals surface area (Å²) >= 11 is 0. The van der Waals surface area contributed by atoms with Crippen LogP contribution in [0.3, 0.4) is 0 Å². The quantitative estimate of drug-likeness (QED) is 0.396. The highest BCUT2D eigenvalue weighted by molar-refractivity contribution is 5.14. The first-order chi connectivity index (χ1) is 5.43. The zero-order valence-electron chi connectivity index (χ0n) is 6.25. The van der Waals surface area contributed by atoms with Gasteiger partial charge in [-0.2, -0.15) is 5.26 Å². The lowest BCUT2D eigenvalue weighted by molar-refractivity contribution is 0.844. The highest BCUT2D eigenvalue weighted by Crippen LogP contribution is 1.97. The van der Waals surface area contributed by atoms with Crippen molar-refractivity contribution in [1.82, 2.24) is 5.32 Å². The predicted octanol–water partition coefficient (Wildman–Crippen LogP) is 1.30. The molecule has 1 N–H and O–H groups in total. The Hall–Kier alpha value is -1.49. The molecule has 2 heteroatoms. The Labute approximate surface area is 66.5 Å². The molecule has 0 unspecified atom stereocenters. The van der Waals surface area contributed by atoms with Crippen LogP contribution in [0.25, 0.3) is 0 Å². The summed E-state index contributed by atoms with van der Waals surface area (Å²) in [5, 5.41) is 10.8. The molecule has 2 nitrogen and oxygen atoms in total. The molecule has 0 radical (unpaired) electrons. The summed E-state index contributed by atoms with van der Waals surface area (Å²) in [6.07, 6.45) is 2.80. The van der Waals surface area contributed by atoms with E-state index in [-0.39, 0.29) is 0 Å². The average molecular weight is 146 g/mol. The lowest BCUT2D eigenvalue weighted by Gasteiger charge is -1.97. The summed E-state index contributed by atoms with van der Waals surface area (Å²) in [4.78, 5) is 0. The molecule has 0 aliphatic carbocycles. The first-order valence-electron chi connectivity index (χ1n) is 3.59. The molecule has 0 heterocycles. The fourth-order valence-electron chi connectivity index (χ4n) is 0.907. The molecule has 1 rings (SSSR count). The number of nitriles is 1. The Morgan fingerprint density at radius 2 is 2.00 bits per heavy atom. The highest BCUT2D eigenvalue weighted by Gasteiger charge is 1.88. The number of nitrogens with zero attached hydrogens (tertiary/aromatic N) is 1. The fraction of sp³-hybridized carbons (Fsp3) is 0.222. The van der Waals surface area contributed by atoms with Gasteiger partial charge in [0.15, 0.2) is 6.19 Å². The van der Waals surface area contributed by atoms with Gasteiger partial charge >= 0.3 is 0 Å². The normalized spacial score (nSPS) is 8.64. The highest BCUT2D eigenvalue weighted by atomic mass is 14.8. The largest absolute Gasteiger partial charge is 0.324 e. The van der Waals surface area contributed by atoms with Gasteiger partial charge < -0.3 is 5.32 Å². The number of rotatable bonds is 3. The van der Waals surface area contributed by atoms with Crippen molar-refractivity contribution >= 4 is 0 Å². The molecule has 0 bridgehead atoms. The number of nitrogens with one attached hydrogen (secondary N) is 1. The van der Waals surface area contributed by atoms with Gasteiger partial charge in [-0.15, -0.1) is 0 Å². The van der Waals surface area contributed by atoms with E-state index in [1.807, 2.05) is 24.4 Å². The van der Waals surface area contributed by atoms with Crippen LogP contribution in [0.1, 0.15) is 5.56 Å². The van der Waals surface area contributed by atoms with Crippen LogP contribution >= 0.6 is 0 Å². The summed E-state index contributed by atoms with van der Waals surface area (Å²) in [7, 11) is 0. The van der Waals surface area contributed by atoms with Gasteiger partial charge in [-0.1, -0.05) is 30.3 Å². The topological polar surface area (TPSA) is 35.8 Å². The van der Waals surface area contributed by atoms with Crippen molar-refractivity contribution < 1.29 is 0 Å². The summed E-state index contributed by atoms with van der Waals surface area (Å²) in [5.41, 5.74) is 1.26. The fourth-order valence-corrected chi connectivity index (χ4v) is 0.907. The van der Waals surface area contributed by atoms with Gasteiger partial charge in [0.1, 0.15) is 0 Å². The maximum absolute atomic E-state index is 8.18. The Balaban J connectivity index is 2.35. The van der Waals surface area contributed by atoms with E-state index in [1.54, 1.807) is 0 Å². The van der Waals surface area contributed by atoms with Crippen molar-refractivity contribution in [2.24, 2.45) is 0 Å². The average Bonchev–Trinajstić information content (AvgIpc) is 2.07. The molecular weight excluding hydrogens is 136 g/mol. The lowest BCUT2D eigenvalue weighted by Crippen LogP contribution is -2.09. The second kappa shape index (κ2) is 4.35. The van der Waals surface area contributed by atoms with Gasteiger partial charge in [0, 0.05) is 6.54 Å². The molecule has 0 saturated carbocycles. The van der Waals surface area contributed by atoms with Crippen molar-refractivity contribution in [2.75, 3.05) is 6.54 Å². The van der Waals surface area contributed by atoms with E-state index in [1.165, 1.54) is 5.56 Å². The first kappa shape index (κ1) is 7.62. The Kier molecular flexibility index (Phi) is 3.01. The second-order valence-corrected chi connectivity index (χ2v) is 2.27. The maximum Gasteiger partial charge on any atom is 0.176 e. The minimum Gasteiger partial charge on any atom is -0.324 e. The predicted molar refractivity (Wildman–Crippen MR) is 43.8 cm³/mol. The van der Waals surface area contributed by atoms with Gasteiger partial charge in [-0.25, -0.2) is 0 Å². The molecule has 0 amide bonds. The van der Waals surface area contributed by atoms with Gasteiger partial charge in [-0.05, 0) is 12.0 Å². The van der Waals surface area contributed by atoms with Gasteiger partial charge in [0.25, 0.3) is 0 Å². The third-order valence-corrected chi connectivity index (χ3v) is 1.46. The van der Waals surface area contributed by atoms with Gasteiger partial charge in [-0.3, -0.25) is 0 Å². The molecular formula is C9H10N2. The number of hydrogen-bond donors (Lipinski definition) is 1. The summed E-state index contributed by atoms with van der Waals surface area (Å²) in [6.45, 7) is 0.723. The minimum atomic E-state index is 0.723. The van der Waals surface area contributed by atoms with E-state index in [0.717, 1.165) is 13.0 Å².